The van der Waals surface area contributed by atoms with E-state index in [9.17, 15) is 0 Å². The van der Waals surface area contributed by atoms with Crippen LogP contribution in [0.4, 0.5) is 0 Å². The second-order valence-electron chi connectivity index (χ2n) is 15.7. The molecule has 2 aliphatic rings. The molecule has 10 rings (SSSR count). The highest BCUT2D eigenvalue weighted by Gasteiger charge is 2.41. The average molecular weight is 765 g/mol. The second kappa shape index (κ2) is 16.0. The van der Waals surface area contributed by atoms with E-state index in [4.69, 9.17) is 24.7 Å². The van der Waals surface area contributed by atoms with Crippen LogP contribution in [0.2, 0.25) is 0 Å². The summed E-state index contributed by atoms with van der Waals surface area (Å²) in [6, 6.07) is 51.3. The van der Waals surface area contributed by atoms with Crippen LogP contribution in [0.3, 0.4) is 0 Å². The number of hydrogen-bond acceptors (Lipinski definition) is 6. The van der Waals surface area contributed by atoms with Crippen molar-refractivity contribution in [1.29, 1.82) is 0 Å². The Hall–Kier alpha value is -6.09. The summed E-state index contributed by atoms with van der Waals surface area (Å²) in [6.07, 6.45) is 6.94. The van der Waals surface area contributed by atoms with Gasteiger partial charge in [-0.25, -0.2) is 9.67 Å². The molecular weight excluding hydrogens is 717 g/mol. The van der Waals surface area contributed by atoms with Gasteiger partial charge in [0.25, 0.3) is 0 Å². The minimum atomic E-state index is -0.725. The number of likely N-dealkylation sites (tertiary alicyclic amines) is 1. The standard InChI is InChI=1S/C50H48N6O2/c1-5-15-40(16-6-1)50(41-17-7-2-8-18-41,42-19-9-3-10-20-42)49-51-48(52-53-49)39-25-27-45-44(35-39)47(54-56(45)46-21-11-14-31-58-46)38-23-22-37-34-43(26-24-36(37)33-38)57-32-30-55-28-12-4-13-29-55/h1-3,5-10,15-20,22-27,33-35,46H,4,11-14,21,28-32H2,(H,51,52,53). The third kappa shape index (κ3) is 6.86. The first-order valence-electron chi connectivity index (χ1n) is 20.9. The number of fused-ring (bicyclic) bond motifs is 2. The molecule has 58 heavy (non-hydrogen) atoms. The maximum atomic E-state index is 6.31. The molecule has 8 aromatic rings. The van der Waals surface area contributed by atoms with E-state index in [0.717, 1.165) is 99.2 Å². The van der Waals surface area contributed by atoms with Crippen LogP contribution in [-0.2, 0) is 10.2 Å². The van der Waals surface area contributed by atoms with Gasteiger partial charge in [0, 0.05) is 29.7 Å². The molecule has 8 nitrogen and oxygen atoms in total. The van der Waals surface area contributed by atoms with Crippen molar-refractivity contribution in [3.63, 3.8) is 0 Å². The van der Waals surface area contributed by atoms with Gasteiger partial charge in [-0.15, -0.1) is 0 Å². The zero-order chi connectivity index (χ0) is 38.7. The average Bonchev–Trinajstić information content (AvgIpc) is 3.95. The number of aromatic amines is 1. The summed E-state index contributed by atoms with van der Waals surface area (Å²) in [6.45, 7) is 4.78. The zero-order valence-corrected chi connectivity index (χ0v) is 32.8. The summed E-state index contributed by atoms with van der Waals surface area (Å²) in [4.78, 5) is 7.86. The molecular formula is C50H48N6O2. The summed E-state index contributed by atoms with van der Waals surface area (Å²) in [7, 11) is 0. The number of rotatable bonds is 11. The van der Waals surface area contributed by atoms with Gasteiger partial charge in [-0.3, -0.25) is 10.00 Å². The number of nitrogens with zero attached hydrogens (tertiary/aromatic N) is 5. The lowest BCUT2D eigenvalue weighted by molar-refractivity contribution is -0.0365. The Morgan fingerprint density at radius 2 is 1.34 bits per heavy atom. The van der Waals surface area contributed by atoms with E-state index >= 15 is 0 Å². The Bertz CT molecular complexity index is 2530. The largest absolute Gasteiger partial charge is 0.492 e. The molecule has 0 spiro atoms. The highest BCUT2D eigenvalue weighted by atomic mass is 16.5. The van der Waals surface area contributed by atoms with E-state index in [0.29, 0.717) is 12.4 Å². The lowest BCUT2D eigenvalue weighted by Gasteiger charge is -2.33. The Morgan fingerprint density at radius 1 is 0.672 bits per heavy atom. The van der Waals surface area contributed by atoms with E-state index in [2.05, 4.69) is 160 Å². The third-order valence-electron chi connectivity index (χ3n) is 12.1. The first-order chi connectivity index (χ1) is 28.7. The fourth-order valence-corrected chi connectivity index (χ4v) is 9.10. The van der Waals surface area contributed by atoms with Gasteiger partial charge in [-0.05, 0) is 109 Å². The SMILES string of the molecule is c1ccc(C(c2ccccc2)(c2ccccc2)c2nc(-c3ccc4c(c3)c(-c3ccc5cc(OCCN6CCCCC6)ccc5c3)nn4C3CCCCO3)n[nH]2)cc1. The van der Waals surface area contributed by atoms with Crippen molar-refractivity contribution in [2.45, 2.75) is 50.2 Å². The minimum absolute atomic E-state index is 0.112. The summed E-state index contributed by atoms with van der Waals surface area (Å²) in [5.74, 6) is 2.29. The third-order valence-corrected chi connectivity index (χ3v) is 12.1. The molecule has 6 aromatic carbocycles. The van der Waals surface area contributed by atoms with Gasteiger partial charge in [-0.1, -0.05) is 116 Å². The van der Waals surface area contributed by atoms with Crippen LogP contribution in [0.25, 0.3) is 44.3 Å². The van der Waals surface area contributed by atoms with Crippen LogP contribution in [0.1, 0.15) is 67.3 Å². The van der Waals surface area contributed by atoms with Crippen LogP contribution in [0.15, 0.2) is 146 Å². The normalized spacial score (nSPS) is 16.5. The number of hydrogen-bond donors (Lipinski definition) is 1. The first-order valence-corrected chi connectivity index (χ1v) is 20.9. The lowest BCUT2D eigenvalue weighted by atomic mass is 9.69. The predicted molar refractivity (Wildman–Crippen MR) is 231 cm³/mol. The summed E-state index contributed by atoms with van der Waals surface area (Å²) < 4.78 is 14.6. The Labute approximate surface area is 339 Å². The van der Waals surface area contributed by atoms with Crippen molar-refractivity contribution in [3.05, 3.63) is 168 Å². The van der Waals surface area contributed by atoms with Crippen LogP contribution in [0, 0.1) is 0 Å². The molecule has 1 atom stereocenters. The second-order valence-corrected chi connectivity index (χ2v) is 15.7. The summed E-state index contributed by atoms with van der Waals surface area (Å²) in [5.41, 5.74) is 6.50. The van der Waals surface area contributed by atoms with Crippen molar-refractivity contribution < 1.29 is 9.47 Å². The Kier molecular flexibility index (Phi) is 10.0. The van der Waals surface area contributed by atoms with Crippen molar-refractivity contribution in [2.75, 3.05) is 32.8 Å². The molecule has 2 saturated heterocycles. The molecule has 0 aliphatic carbocycles. The van der Waals surface area contributed by atoms with Crippen molar-refractivity contribution in [1.82, 2.24) is 29.9 Å². The van der Waals surface area contributed by atoms with Crippen LogP contribution >= 0.6 is 0 Å². The number of H-pyrrole nitrogens is 1. The Morgan fingerprint density at radius 3 is 2.03 bits per heavy atom. The fourth-order valence-electron chi connectivity index (χ4n) is 9.10. The number of piperidine rings is 1. The maximum absolute atomic E-state index is 6.31. The van der Waals surface area contributed by atoms with E-state index in [1.807, 2.05) is 0 Å². The van der Waals surface area contributed by atoms with Crippen molar-refractivity contribution >= 4 is 21.7 Å². The highest BCUT2D eigenvalue weighted by molar-refractivity contribution is 5.98. The van der Waals surface area contributed by atoms with E-state index < -0.39 is 5.41 Å². The molecule has 290 valence electrons. The van der Waals surface area contributed by atoms with E-state index in [1.54, 1.807) is 0 Å². The minimum Gasteiger partial charge on any atom is -0.492 e. The molecule has 0 amide bonds. The summed E-state index contributed by atoms with van der Waals surface area (Å²) >= 11 is 0. The number of benzene rings is 6. The van der Waals surface area contributed by atoms with Gasteiger partial charge in [0.05, 0.1) is 5.52 Å². The van der Waals surface area contributed by atoms with E-state index in [-0.39, 0.29) is 6.23 Å². The first kappa shape index (κ1) is 36.3. The maximum Gasteiger partial charge on any atom is 0.181 e. The number of ether oxygens (including phenoxy) is 2. The monoisotopic (exact) mass is 764 g/mol. The smallest absolute Gasteiger partial charge is 0.181 e. The van der Waals surface area contributed by atoms with Crippen LogP contribution in [-0.4, -0.2) is 62.7 Å². The Balaban J connectivity index is 1.04. The molecule has 4 heterocycles. The molecule has 1 unspecified atom stereocenters. The quantitative estimate of drug-likeness (QED) is 0.132. The van der Waals surface area contributed by atoms with E-state index in [1.165, 1.54) is 32.4 Å². The number of aromatic nitrogens is 5. The lowest BCUT2D eigenvalue weighted by Crippen LogP contribution is -2.33. The summed E-state index contributed by atoms with van der Waals surface area (Å²) in [5, 5.41) is 17.0. The van der Waals surface area contributed by atoms with Gasteiger partial charge in [0.1, 0.15) is 29.3 Å². The predicted octanol–water partition coefficient (Wildman–Crippen LogP) is 10.6. The van der Waals surface area contributed by atoms with Gasteiger partial charge in [0.2, 0.25) is 0 Å². The van der Waals surface area contributed by atoms with Gasteiger partial charge < -0.3 is 9.47 Å². The molecule has 0 saturated carbocycles. The molecule has 0 bridgehead atoms. The van der Waals surface area contributed by atoms with Gasteiger partial charge >= 0.3 is 0 Å². The molecule has 2 aromatic heterocycles. The van der Waals surface area contributed by atoms with Crippen molar-refractivity contribution in [2.24, 2.45) is 0 Å². The topological polar surface area (TPSA) is 81.1 Å². The zero-order valence-electron chi connectivity index (χ0n) is 32.8. The molecule has 1 N–H and O–H groups in total. The molecule has 2 aliphatic heterocycles. The fraction of sp³-hybridized carbons (Fsp3) is 0.260. The molecule has 2 fully saturated rings. The number of nitrogens with one attached hydrogen (secondary N) is 1. The van der Waals surface area contributed by atoms with Crippen LogP contribution in [0.5, 0.6) is 5.75 Å². The highest BCUT2D eigenvalue weighted by Crippen LogP contribution is 2.44. The van der Waals surface area contributed by atoms with Gasteiger partial charge in [0.15, 0.2) is 12.1 Å². The molecule has 8 heteroatoms. The van der Waals surface area contributed by atoms with Crippen LogP contribution < -0.4 is 4.74 Å². The molecule has 0 radical (unpaired) electrons. The van der Waals surface area contributed by atoms with Crippen molar-refractivity contribution in [3.8, 4) is 28.4 Å². The van der Waals surface area contributed by atoms with Gasteiger partial charge in [-0.2, -0.15) is 10.2 Å².